The van der Waals surface area contributed by atoms with Crippen molar-refractivity contribution in [2.24, 2.45) is 0 Å². The number of carbonyl (C=O) groups is 1. The number of ether oxygens (including phenoxy) is 1. The van der Waals surface area contributed by atoms with Gasteiger partial charge >= 0.3 is 6.18 Å². The van der Waals surface area contributed by atoms with E-state index in [2.05, 4.69) is 15.1 Å². The summed E-state index contributed by atoms with van der Waals surface area (Å²) in [6.45, 7) is 5.31. The molecule has 1 atom stereocenters. The van der Waals surface area contributed by atoms with Crippen LogP contribution in [0.2, 0.25) is 0 Å². The molecular weight excluding hydrogens is 479 g/mol. The molecule has 1 saturated heterocycles. The summed E-state index contributed by atoms with van der Waals surface area (Å²) >= 11 is 0. The van der Waals surface area contributed by atoms with Gasteiger partial charge in [-0.1, -0.05) is 49.1 Å². The average molecular weight is 518 g/mol. The SMILES string of the molecule is COc1ccccc1C(C(=O)NCCc1cc(C)cc(C(F)(F)F)c1)N1CCN(C2CCCCC2)CC1. The fourth-order valence-electron chi connectivity index (χ4n) is 5.80. The van der Waals surface area contributed by atoms with Crippen LogP contribution in [0.3, 0.4) is 0 Å². The monoisotopic (exact) mass is 517 g/mol. The Morgan fingerprint density at radius 1 is 1.05 bits per heavy atom. The van der Waals surface area contributed by atoms with Crippen molar-refractivity contribution < 1.29 is 22.7 Å². The Bertz CT molecular complexity index is 1040. The third-order valence-electron chi connectivity index (χ3n) is 7.66. The molecule has 1 amide bonds. The first-order valence-corrected chi connectivity index (χ1v) is 13.3. The van der Waals surface area contributed by atoms with E-state index in [1.54, 1.807) is 20.1 Å². The highest BCUT2D eigenvalue weighted by Gasteiger charge is 2.34. The van der Waals surface area contributed by atoms with E-state index in [1.807, 2.05) is 24.3 Å². The Morgan fingerprint density at radius 2 is 1.76 bits per heavy atom. The zero-order valence-corrected chi connectivity index (χ0v) is 21.8. The van der Waals surface area contributed by atoms with Crippen molar-refractivity contribution in [2.75, 3.05) is 39.8 Å². The number of alkyl halides is 3. The Hall–Kier alpha value is -2.58. The van der Waals surface area contributed by atoms with Crippen molar-refractivity contribution in [1.82, 2.24) is 15.1 Å². The fraction of sp³-hybridized carbons (Fsp3) is 0.552. The number of piperazine rings is 1. The molecule has 1 aliphatic carbocycles. The van der Waals surface area contributed by atoms with E-state index in [0.717, 1.165) is 37.8 Å². The summed E-state index contributed by atoms with van der Waals surface area (Å²) < 4.78 is 45.3. The molecular formula is C29H38F3N3O2. The second-order valence-electron chi connectivity index (χ2n) is 10.3. The molecule has 0 aromatic heterocycles. The van der Waals surface area contributed by atoms with Crippen LogP contribution in [0.4, 0.5) is 13.2 Å². The van der Waals surface area contributed by atoms with Crippen LogP contribution >= 0.6 is 0 Å². The number of hydrogen-bond donors (Lipinski definition) is 1. The first-order valence-electron chi connectivity index (χ1n) is 13.3. The van der Waals surface area contributed by atoms with Crippen LogP contribution in [-0.4, -0.2) is 61.6 Å². The smallest absolute Gasteiger partial charge is 0.416 e. The lowest BCUT2D eigenvalue weighted by molar-refractivity contribution is -0.137. The molecule has 2 aliphatic rings. The predicted molar refractivity (Wildman–Crippen MR) is 139 cm³/mol. The lowest BCUT2D eigenvalue weighted by Gasteiger charge is -2.43. The van der Waals surface area contributed by atoms with E-state index >= 15 is 0 Å². The van der Waals surface area contributed by atoms with E-state index in [1.165, 1.54) is 38.2 Å². The number of carbonyl (C=O) groups excluding carboxylic acids is 1. The van der Waals surface area contributed by atoms with Gasteiger partial charge in [0.2, 0.25) is 5.91 Å². The summed E-state index contributed by atoms with van der Waals surface area (Å²) in [4.78, 5) is 18.4. The van der Waals surface area contributed by atoms with Crippen LogP contribution in [0.15, 0.2) is 42.5 Å². The van der Waals surface area contributed by atoms with Crippen LogP contribution in [0.25, 0.3) is 0 Å². The highest BCUT2D eigenvalue weighted by atomic mass is 19.4. The quantitative estimate of drug-likeness (QED) is 0.511. The molecule has 202 valence electrons. The van der Waals surface area contributed by atoms with Crippen molar-refractivity contribution in [3.63, 3.8) is 0 Å². The number of benzene rings is 2. The number of nitrogens with zero attached hydrogens (tertiary/aromatic N) is 2. The topological polar surface area (TPSA) is 44.8 Å². The molecule has 1 N–H and O–H groups in total. The number of aryl methyl sites for hydroxylation is 1. The van der Waals surface area contributed by atoms with E-state index in [-0.39, 0.29) is 12.5 Å². The van der Waals surface area contributed by atoms with E-state index in [9.17, 15) is 18.0 Å². The summed E-state index contributed by atoms with van der Waals surface area (Å²) in [5, 5.41) is 3.00. The van der Waals surface area contributed by atoms with Crippen molar-refractivity contribution >= 4 is 5.91 Å². The zero-order valence-electron chi connectivity index (χ0n) is 21.8. The molecule has 5 nitrogen and oxygen atoms in total. The number of amides is 1. The summed E-state index contributed by atoms with van der Waals surface area (Å²) in [6.07, 6.45) is 2.36. The molecule has 1 aliphatic heterocycles. The molecule has 8 heteroatoms. The van der Waals surface area contributed by atoms with Crippen LogP contribution in [0.5, 0.6) is 5.75 Å². The third kappa shape index (κ3) is 7.05. The molecule has 1 heterocycles. The van der Waals surface area contributed by atoms with Gasteiger partial charge < -0.3 is 10.1 Å². The Labute approximate surface area is 218 Å². The van der Waals surface area contributed by atoms with Gasteiger partial charge in [-0.2, -0.15) is 13.2 Å². The molecule has 2 aromatic rings. The maximum atomic E-state index is 13.6. The molecule has 0 spiro atoms. The predicted octanol–water partition coefficient (Wildman–Crippen LogP) is 5.37. The van der Waals surface area contributed by atoms with E-state index in [0.29, 0.717) is 29.3 Å². The lowest BCUT2D eigenvalue weighted by Crippen LogP contribution is -2.53. The summed E-state index contributed by atoms with van der Waals surface area (Å²) in [7, 11) is 1.60. The van der Waals surface area contributed by atoms with Gasteiger partial charge in [0.15, 0.2) is 0 Å². The second-order valence-corrected chi connectivity index (χ2v) is 10.3. The molecule has 2 fully saturated rings. The van der Waals surface area contributed by atoms with Crippen LogP contribution < -0.4 is 10.1 Å². The van der Waals surface area contributed by atoms with Gasteiger partial charge in [-0.05, 0) is 49.9 Å². The van der Waals surface area contributed by atoms with Gasteiger partial charge in [-0.15, -0.1) is 0 Å². The zero-order chi connectivity index (χ0) is 26.4. The summed E-state index contributed by atoms with van der Waals surface area (Å²) in [6, 6.07) is 11.7. The lowest BCUT2D eigenvalue weighted by atomic mass is 9.93. The number of nitrogens with one attached hydrogen (secondary N) is 1. The molecule has 1 saturated carbocycles. The minimum absolute atomic E-state index is 0.153. The normalized spacial score (nSPS) is 18.9. The molecule has 37 heavy (non-hydrogen) atoms. The molecule has 0 radical (unpaired) electrons. The van der Waals surface area contributed by atoms with Crippen molar-refractivity contribution in [3.8, 4) is 5.75 Å². The number of halogens is 3. The third-order valence-corrected chi connectivity index (χ3v) is 7.66. The molecule has 0 bridgehead atoms. The van der Waals surface area contributed by atoms with Crippen molar-refractivity contribution in [3.05, 3.63) is 64.7 Å². The van der Waals surface area contributed by atoms with Gasteiger partial charge in [0, 0.05) is 44.3 Å². The minimum Gasteiger partial charge on any atom is -0.496 e. The molecule has 2 aromatic carbocycles. The number of rotatable bonds is 8. The standard InChI is InChI=1S/C29H38F3N3O2/c1-21-18-22(20-23(19-21)29(30,31)32)12-13-33-28(36)27(25-10-6-7-11-26(25)37-2)35-16-14-34(15-17-35)24-8-4-3-5-9-24/h6-7,10-11,18-20,24,27H,3-5,8-9,12-17H2,1-2H3,(H,33,36). The Kier molecular flexibility index (Phi) is 9.13. The Morgan fingerprint density at radius 3 is 2.43 bits per heavy atom. The van der Waals surface area contributed by atoms with E-state index in [4.69, 9.17) is 4.74 Å². The molecule has 4 rings (SSSR count). The van der Waals surface area contributed by atoms with E-state index < -0.39 is 17.8 Å². The second kappa shape index (κ2) is 12.3. The number of hydrogen-bond acceptors (Lipinski definition) is 4. The highest BCUT2D eigenvalue weighted by Crippen LogP contribution is 2.32. The maximum absolute atomic E-state index is 13.6. The summed E-state index contributed by atoms with van der Waals surface area (Å²) in [5.74, 6) is 0.505. The van der Waals surface area contributed by atoms with Gasteiger partial charge in [0.25, 0.3) is 0 Å². The summed E-state index contributed by atoms with van der Waals surface area (Å²) in [5.41, 5.74) is 1.27. The van der Waals surface area contributed by atoms with Gasteiger partial charge in [-0.25, -0.2) is 0 Å². The van der Waals surface area contributed by atoms with Gasteiger partial charge in [0.05, 0.1) is 12.7 Å². The highest BCUT2D eigenvalue weighted by molar-refractivity contribution is 5.84. The minimum atomic E-state index is -4.39. The Balaban J connectivity index is 1.45. The fourth-order valence-corrected chi connectivity index (χ4v) is 5.80. The van der Waals surface area contributed by atoms with Crippen LogP contribution in [0, 0.1) is 6.92 Å². The van der Waals surface area contributed by atoms with Crippen LogP contribution in [0.1, 0.15) is 60.4 Å². The molecule has 1 unspecified atom stereocenters. The first-order chi connectivity index (χ1) is 17.8. The number of para-hydroxylation sites is 1. The van der Waals surface area contributed by atoms with Crippen molar-refractivity contribution in [2.45, 2.75) is 63.7 Å². The van der Waals surface area contributed by atoms with Crippen LogP contribution in [-0.2, 0) is 17.4 Å². The van der Waals surface area contributed by atoms with Crippen molar-refractivity contribution in [1.29, 1.82) is 0 Å². The first kappa shape index (κ1) is 27.5. The van der Waals surface area contributed by atoms with Gasteiger partial charge in [-0.3, -0.25) is 14.6 Å². The maximum Gasteiger partial charge on any atom is 0.416 e. The largest absolute Gasteiger partial charge is 0.496 e. The van der Waals surface area contributed by atoms with Gasteiger partial charge in [0.1, 0.15) is 11.8 Å². The number of methoxy groups -OCH3 is 1. The average Bonchev–Trinajstić information content (AvgIpc) is 2.89.